The average molecular weight is 496 g/mol. The summed E-state index contributed by atoms with van der Waals surface area (Å²) in [5, 5.41) is 9.57. The molecule has 1 fully saturated rings. The molecule has 0 bridgehead atoms. The lowest BCUT2D eigenvalue weighted by Gasteiger charge is -2.40. The molecule has 35 heavy (non-hydrogen) atoms. The molecule has 0 saturated carbocycles. The number of rotatable bonds is 12. The van der Waals surface area contributed by atoms with Gasteiger partial charge in [-0.2, -0.15) is 0 Å². The number of anilines is 1. The standard InChI is InChI=1S/C24H33NO10/c1-4-8-17(26)32-16-13-31-24(33-15-12-7-11-14(25)20(15)23(29)30)22(35-19(28)10-6-3)21(16)34-18(27)9-5-2/h7,11-12,16,21-22,24H,4-6,8-10,13,25H2,1-3H3,(H,29,30)/t16-,21-,22-,24-/m1/s1. The van der Waals surface area contributed by atoms with Crippen molar-refractivity contribution >= 4 is 29.6 Å². The van der Waals surface area contributed by atoms with E-state index in [1.807, 2.05) is 6.92 Å². The number of carboxylic acid groups (broad SMARTS) is 1. The SMILES string of the molecule is CCCC(=O)O[C@H]1[C@@H](Oc2cccc(N)c2C(=O)O)OC[C@@H](OC(=O)CCC)[C@H]1OC(=O)CCC. The number of hydrogen-bond donors (Lipinski definition) is 2. The third-order valence-electron chi connectivity index (χ3n) is 5.08. The molecule has 2 rings (SSSR count). The molecular weight excluding hydrogens is 462 g/mol. The molecule has 4 atom stereocenters. The van der Waals surface area contributed by atoms with Gasteiger partial charge < -0.3 is 34.5 Å². The Morgan fingerprint density at radius 2 is 1.46 bits per heavy atom. The smallest absolute Gasteiger partial charge is 0.341 e. The van der Waals surface area contributed by atoms with E-state index >= 15 is 0 Å². The molecule has 0 amide bonds. The number of esters is 3. The molecule has 194 valence electrons. The van der Waals surface area contributed by atoms with Crippen LogP contribution in [0.5, 0.6) is 5.75 Å². The molecule has 0 unspecified atom stereocenters. The second-order valence-corrected chi connectivity index (χ2v) is 8.03. The molecule has 0 spiro atoms. The minimum atomic E-state index is -1.36. The van der Waals surface area contributed by atoms with Gasteiger partial charge in [0.1, 0.15) is 11.3 Å². The number of benzene rings is 1. The minimum absolute atomic E-state index is 0.0392. The van der Waals surface area contributed by atoms with Crippen LogP contribution >= 0.6 is 0 Å². The molecule has 1 aromatic rings. The second-order valence-electron chi connectivity index (χ2n) is 8.03. The summed E-state index contributed by atoms with van der Waals surface area (Å²) in [4.78, 5) is 48.8. The fourth-order valence-electron chi connectivity index (χ4n) is 3.48. The lowest BCUT2D eigenvalue weighted by Crippen LogP contribution is -2.59. The summed E-state index contributed by atoms with van der Waals surface area (Å²) in [5.74, 6) is -3.18. The van der Waals surface area contributed by atoms with Crippen LogP contribution in [0.3, 0.4) is 0 Å². The molecule has 1 aliphatic rings. The van der Waals surface area contributed by atoms with Crippen molar-refractivity contribution in [3.63, 3.8) is 0 Å². The van der Waals surface area contributed by atoms with Crippen LogP contribution in [-0.2, 0) is 33.3 Å². The van der Waals surface area contributed by atoms with E-state index in [1.165, 1.54) is 18.2 Å². The first-order valence-electron chi connectivity index (χ1n) is 11.7. The maximum absolute atomic E-state index is 12.4. The Balaban J connectivity index is 2.43. The predicted octanol–water partition coefficient (Wildman–Crippen LogP) is 2.84. The fourth-order valence-corrected chi connectivity index (χ4v) is 3.48. The highest BCUT2D eigenvalue weighted by molar-refractivity contribution is 5.96. The zero-order valence-corrected chi connectivity index (χ0v) is 20.2. The van der Waals surface area contributed by atoms with Gasteiger partial charge in [0, 0.05) is 24.9 Å². The lowest BCUT2D eigenvalue weighted by atomic mass is 10.0. The van der Waals surface area contributed by atoms with Crippen LogP contribution in [0, 0.1) is 0 Å². The van der Waals surface area contributed by atoms with E-state index in [4.69, 9.17) is 29.4 Å². The van der Waals surface area contributed by atoms with Gasteiger partial charge in [0.2, 0.25) is 12.4 Å². The zero-order chi connectivity index (χ0) is 26.0. The molecule has 0 aromatic heterocycles. The zero-order valence-electron chi connectivity index (χ0n) is 20.2. The number of nitrogen functional groups attached to an aromatic ring is 1. The van der Waals surface area contributed by atoms with Crippen molar-refractivity contribution in [1.29, 1.82) is 0 Å². The van der Waals surface area contributed by atoms with Gasteiger partial charge >= 0.3 is 23.9 Å². The maximum Gasteiger partial charge on any atom is 0.341 e. The Morgan fingerprint density at radius 1 is 0.914 bits per heavy atom. The summed E-state index contributed by atoms with van der Waals surface area (Å²) in [5.41, 5.74) is 5.46. The number of nitrogens with two attached hydrogens (primary N) is 1. The van der Waals surface area contributed by atoms with Crippen LogP contribution in [0.4, 0.5) is 5.69 Å². The largest absolute Gasteiger partial charge is 0.477 e. The molecule has 0 radical (unpaired) electrons. The van der Waals surface area contributed by atoms with Crippen LogP contribution in [0.15, 0.2) is 18.2 Å². The molecule has 1 aromatic carbocycles. The highest BCUT2D eigenvalue weighted by Crippen LogP contribution is 2.31. The van der Waals surface area contributed by atoms with E-state index in [1.54, 1.807) is 13.8 Å². The molecule has 11 heteroatoms. The van der Waals surface area contributed by atoms with Gasteiger partial charge in [0.25, 0.3) is 0 Å². The highest BCUT2D eigenvalue weighted by atomic mass is 16.7. The van der Waals surface area contributed by atoms with Crippen molar-refractivity contribution in [3.05, 3.63) is 23.8 Å². The average Bonchev–Trinajstić information content (AvgIpc) is 2.77. The molecular formula is C24H33NO10. The molecule has 0 aliphatic carbocycles. The van der Waals surface area contributed by atoms with Gasteiger partial charge in [-0.05, 0) is 31.4 Å². The van der Waals surface area contributed by atoms with E-state index in [0.717, 1.165) is 0 Å². The topological polar surface area (TPSA) is 161 Å². The van der Waals surface area contributed by atoms with Crippen molar-refractivity contribution in [2.75, 3.05) is 12.3 Å². The Labute approximate surface area is 203 Å². The van der Waals surface area contributed by atoms with Gasteiger partial charge in [0.15, 0.2) is 12.2 Å². The molecule has 1 aliphatic heterocycles. The quantitative estimate of drug-likeness (QED) is 0.249. The molecule has 1 heterocycles. The second kappa shape index (κ2) is 13.5. The summed E-state index contributed by atoms with van der Waals surface area (Å²) in [6, 6.07) is 4.26. The van der Waals surface area contributed by atoms with Crippen molar-refractivity contribution in [1.82, 2.24) is 0 Å². The van der Waals surface area contributed by atoms with E-state index in [-0.39, 0.29) is 42.9 Å². The van der Waals surface area contributed by atoms with Crippen molar-refractivity contribution in [2.24, 2.45) is 0 Å². The predicted molar refractivity (Wildman–Crippen MR) is 123 cm³/mol. The molecule has 11 nitrogen and oxygen atoms in total. The van der Waals surface area contributed by atoms with Crippen LogP contribution in [0.1, 0.15) is 69.7 Å². The van der Waals surface area contributed by atoms with Crippen molar-refractivity contribution in [2.45, 2.75) is 83.9 Å². The van der Waals surface area contributed by atoms with Crippen molar-refractivity contribution < 1.29 is 48.0 Å². The first-order valence-corrected chi connectivity index (χ1v) is 11.7. The monoisotopic (exact) mass is 495 g/mol. The van der Waals surface area contributed by atoms with E-state index in [2.05, 4.69) is 0 Å². The first-order chi connectivity index (χ1) is 16.7. The summed E-state index contributed by atoms with van der Waals surface area (Å²) >= 11 is 0. The number of aromatic carboxylic acids is 1. The Hall–Kier alpha value is -3.34. The summed E-state index contributed by atoms with van der Waals surface area (Å²) in [6.07, 6.45) is -3.16. The Morgan fingerprint density at radius 3 is 2.00 bits per heavy atom. The van der Waals surface area contributed by atoms with E-state index < -0.39 is 48.5 Å². The van der Waals surface area contributed by atoms with Crippen LogP contribution in [0.2, 0.25) is 0 Å². The van der Waals surface area contributed by atoms with Gasteiger partial charge in [-0.15, -0.1) is 0 Å². The number of hydrogen-bond acceptors (Lipinski definition) is 10. The number of ether oxygens (including phenoxy) is 5. The van der Waals surface area contributed by atoms with Gasteiger partial charge in [0.05, 0.1) is 6.61 Å². The van der Waals surface area contributed by atoms with Crippen molar-refractivity contribution in [3.8, 4) is 5.75 Å². The summed E-state index contributed by atoms with van der Waals surface area (Å²) in [7, 11) is 0. The Bertz CT molecular complexity index is 902. The lowest BCUT2D eigenvalue weighted by molar-refractivity contribution is -0.261. The Kier molecular flexibility index (Phi) is 10.8. The van der Waals surface area contributed by atoms with E-state index in [9.17, 15) is 24.3 Å². The number of carbonyl (C=O) groups excluding carboxylic acids is 3. The van der Waals surface area contributed by atoms with Gasteiger partial charge in [-0.25, -0.2) is 4.79 Å². The third kappa shape index (κ3) is 7.84. The molecule has 1 saturated heterocycles. The summed E-state index contributed by atoms with van der Waals surface area (Å²) < 4.78 is 28.1. The van der Waals surface area contributed by atoms with Gasteiger partial charge in [-0.3, -0.25) is 14.4 Å². The first kappa shape index (κ1) is 27.9. The van der Waals surface area contributed by atoms with Gasteiger partial charge in [-0.1, -0.05) is 26.8 Å². The fraction of sp³-hybridized carbons (Fsp3) is 0.583. The van der Waals surface area contributed by atoms with Crippen LogP contribution < -0.4 is 10.5 Å². The highest BCUT2D eigenvalue weighted by Gasteiger charge is 2.49. The normalized spacial score (nSPS) is 21.6. The maximum atomic E-state index is 12.4. The number of carboxylic acids is 1. The molecule has 3 N–H and O–H groups in total. The van der Waals surface area contributed by atoms with Crippen LogP contribution in [0.25, 0.3) is 0 Å². The number of carbonyl (C=O) groups is 4. The van der Waals surface area contributed by atoms with E-state index in [0.29, 0.717) is 19.3 Å². The van der Waals surface area contributed by atoms with Crippen LogP contribution in [-0.4, -0.2) is 60.2 Å². The summed E-state index contributed by atoms with van der Waals surface area (Å²) in [6.45, 7) is 5.15. The third-order valence-corrected chi connectivity index (χ3v) is 5.08. The minimum Gasteiger partial charge on any atom is -0.477 e.